The number of ether oxygens (including phenoxy) is 3. The lowest BCUT2D eigenvalue weighted by atomic mass is 10.2. The highest BCUT2D eigenvalue weighted by Gasteiger charge is 2.27. The highest BCUT2D eigenvalue weighted by atomic mass is 16.6. The molecule has 1 heterocycles. The molecule has 0 aromatic heterocycles. The molecule has 1 atom stereocenters. The molecule has 90 valence electrons. The molecule has 1 aliphatic rings. The predicted octanol–water partition coefficient (Wildman–Crippen LogP) is 0.836. The standard InChI is InChI=1S/C11H10O6/c1-6(12)16-7-2-3-8-9(4-7)15-5-10(17-8)11(13)14/h2-4,10H,5H2,1H3,(H,13,14). The molecule has 1 aromatic carbocycles. The topological polar surface area (TPSA) is 82.1 Å². The number of carboxylic acid groups (broad SMARTS) is 1. The lowest BCUT2D eigenvalue weighted by molar-refractivity contribution is -0.147. The van der Waals surface area contributed by atoms with E-state index in [0.717, 1.165) is 0 Å². The molecule has 0 spiro atoms. The SMILES string of the molecule is CC(=O)Oc1ccc2c(c1)OCC(C(=O)O)O2. The number of hydrogen-bond donors (Lipinski definition) is 1. The molecule has 1 unspecified atom stereocenters. The van der Waals surface area contributed by atoms with Crippen molar-refractivity contribution in [2.75, 3.05) is 6.61 Å². The van der Waals surface area contributed by atoms with Crippen molar-refractivity contribution in [3.05, 3.63) is 18.2 Å². The summed E-state index contributed by atoms with van der Waals surface area (Å²) >= 11 is 0. The van der Waals surface area contributed by atoms with E-state index in [9.17, 15) is 9.59 Å². The first-order valence-corrected chi connectivity index (χ1v) is 4.91. The molecule has 0 amide bonds. The Morgan fingerprint density at radius 3 is 2.82 bits per heavy atom. The highest BCUT2D eigenvalue weighted by Crippen LogP contribution is 2.35. The van der Waals surface area contributed by atoms with Crippen molar-refractivity contribution in [2.24, 2.45) is 0 Å². The van der Waals surface area contributed by atoms with Gasteiger partial charge in [-0.1, -0.05) is 0 Å². The molecular weight excluding hydrogens is 228 g/mol. The summed E-state index contributed by atoms with van der Waals surface area (Å²) in [6.07, 6.45) is -1.01. The number of fused-ring (bicyclic) bond motifs is 1. The largest absolute Gasteiger partial charge is 0.485 e. The fraction of sp³-hybridized carbons (Fsp3) is 0.273. The Morgan fingerprint density at radius 1 is 1.41 bits per heavy atom. The van der Waals surface area contributed by atoms with Crippen molar-refractivity contribution in [1.82, 2.24) is 0 Å². The average molecular weight is 238 g/mol. The second-order valence-electron chi connectivity index (χ2n) is 3.46. The van der Waals surface area contributed by atoms with Crippen LogP contribution < -0.4 is 14.2 Å². The maximum Gasteiger partial charge on any atom is 0.348 e. The summed E-state index contributed by atoms with van der Waals surface area (Å²) in [5, 5.41) is 8.76. The van der Waals surface area contributed by atoms with Crippen LogP contribution in [0.25, 0.3) is 0 Å². The summed E-state index contributed by atoms with van der Waals surface area (Å²) in [6.45, 7) is 1.21. The van der Waals surface area contributed by atoms with Gasteiger partial charge in [-0.05, 0) is 12.1 Å². The van der Waals surface area contributed by atoms with Crippen LogP contribution in [0, 0.1) is 0 Å². The molecule has 0 bridgehead atoms. The maximum atomic E-state index is 10.8. The number of carbonyl (C=O) groups is 2. The molecule has 0 saturated carbocycles. The van der Waals surface area contributed by atoms with Gasteiger partial charge in [0, 0.05) is 13.0 Å². The van der Waals surface area contributed by atoms with Gasteiger partial charge in [-0.25, -0.2) is 4.79 Å². The first-order valence-electron chi connectivity index (χ1n) is 4.91. The van der Waals surface area contributed by atoms with E-state index in [1.807, 2.05) is 0 Å². The Kier molecular flexibility index (Phi) is 2.86. The fourth-order valence-electron chi connectivity index (χ4n) is 1.40. The molecule has 0 saturated heterocycles. The van der Waals surface area contributed by atoms with Crippen molar-refractivity contribution in [3.8, 4) is 17.2 Å². The van der Waals surface area contributed by atoms with Crippen molar-refractivity contribution < 1.29 is 28.9 Å². The van der Waals surface area contributed by atoms with Crippen LogP contribution in [0.4, 0.5) is 0 Å². The van der Waals surface area contributed by atoms with Gasteiger partial charge in [0.25, 0.3) is 0 Å². The third-order valence-electron chi connectivity index (χ3n) is 2.11. The number of rotatable bonds is 2. The van der Waals surface area contributed by atoms with Gasteiger partial charge in [-0.2, -0.15) is 0 Å². The molecule has 0 radical (unpaired) electrons. The van der Waals surface area contributed by atoms with Gasteiger partial charge in [0.05, 0.1) is 0 Å². The van der Waals surface area contributed by atoms with Crippen LogP contribution in [0.3, 0.4) is 0 Å². The summed E-state index contributed by atoms with van der Waals surface area (Å²) in [5.74, 6) is -0.515. The molecule has 17 heavy (non-hydrogen) atoms. The highest BCUT2D eigenvalue weighted by molar-refractivity contribution is 5.74. The minimum absolute atomic E-state index is 0.0775. The van der Waals surface area contributed by atoms with Crippen LogP contribution in [0.2, 0.25) is 0 Å². The third-order valence-corrected chi connectivity index (χ3v) is 2.11. The van der Waals surface area contributed by atoms with Crippen molar-refractivity contribution in [2.45, 2.75) is 13.0 Å². The van der Waals surface area contributed by atoms with Crippen molar-refractivity contribution in [1.29, 1.82) is 0 Å². The first-order chi connectivity index (χ1) is 8.06. The Hall–Kier alpha value is -2.24. The monoisotopic (exact) mass is 238 g/mol. The Bertz CT molecular complexity index is 467. The minimum atomic E-state index is -1.08. The van der Waals surface area contributed by atoms with Crippen molar-refractivity contribution in [3.63, 3.8) is 0 Å². The summed E-state index contributed by atoms with van der Waals surface area (Å²) in [4.78, 5) is 21.5. The quantitative estimate of drug-likeness (QED) is 0.607. The zero-order valence-electron chi connectivity index (χ0n) is 9.00. The number of esters is 1. The van der Waals surface area contributed by atoms with E-state index in [0.29, 0.717) is 17.2 Å². The van der Waals surface area contributed by atoms with E-state index in [1.54, 1.807) is 0 Å². The number of hydrogen-bond acceptors (Lipinski definition) is 5. The molecule has 6 heteroatoms. The van der Waals surface area contributed by atoms with Gasteiger partial charge < -0.3 is 19.3 Å². The molecule has 0 aliphatic carbocycles. The lowest BCUT2D eigenvalue weighted by Crippen LogP contribution is -2.36. The first kappa shape index (κ1) is 11.3. The number of carboxylic acids is 1. The van der Waals surface area contributed by atoms with E-state index in [1.165, 1.54) is 25.1 Å². The van der Waals surface area contributed by atoms with Crippen LogP contribution >= 0.6 is 0 Å². The average Bonchev–Trinajstić information content (AvgIpc) is 2.27. The zero-order valence-corrected chi connectivity index (χ0v) is 9.00. The Balaban J connectivity index is 2.19. The van der Waals surface area contributed by atoms with Crippen LogP contribution in [0.15, 0.2) is 18.2 Å². The Labute approximate surface area is 96.7 Å². The van der Waals surface area contributed by atoms with E-state index >= 15 is 0 Å². The van der Waals surface area contributed by atoms with Crippen LogP contribution in [0.1, 0.15) is 6.92 Å². The third kappa shape index (κ3) is 2.47. The van der Waals surface area contributed by atoms with Gasteiger partial charge in [-0.15, -0.1) is 0 Å². The normalized spacial score (nSPS) is 17.4. The van der Waals surface area contributed by atoms with E-state index in [4.69, 9.17) is 19.3 Å². The Morgan fingerprint density at radius 2 is 2.18 bits per heavy atom. The second-order valence-corrected chi connectivity index (χ2v) is 3.46. The molecule has 1 N–H and O–H groups in total. The molecule has 6 nitrogen and oxygen atoms in total. The van der Waals surface area contributed by atoms with Crippen LogP contribution in [0.5, 0.6) is 17.2 Å². The fourth-order valence-corrected chi connectivity index (χ4v) is 1.40. The van der Waals surface area contributed by atoms with E-state index < -0.39 is 18.0 Å². The zero-order chi connectivity index (χ0) is 12.4. The summed E-state index contributed by atoms with van der Waals surface area (Å²) in [6, 6.07) is 4.49. The minimum Gasteiger partial charge on any atom is -0.485 e. The van der Waals surface area contributed by atoms with Crippen LogP contribution in [-0.4, -0.2) is 29.8 Å². The molecule has 2 rings (SSSR count). The van der Waals surface area contributed by atoms with E-state index in [-0.39, 0.29) is 6.61 Å². The number of aliphatic carboxylic acids is 1. The molecular formula is C11H10O6. The van der Waals surface area contributed by atoms with Gasteiger partial charge in [0.15, 0.2) is 11.5 Å². The van der Waals surface area contributed by atoms with Gasteiger partial charge in [0.1, 0.15) is 12.4 Å². The lowest BCUT2D eigenvalue weighted by Gasteiger charge is -2.23. The summed E-state index contributed by atoms with van der Waals surface area (Å²) in [5.41, 5.74) is 0. The predicted molar refractivity (Wildman–Crippen MR) is 55.3 cm³/mol. The van der Waals surface area contributed by atoms with Gasteiger partial charge >= 0.3 is 11.9 Å². The smallest absolute Gasteiger partial charge is 0.348 e. The summed E-state index contributed by atoms with van der Waals surface area (Å²) in [7, 11) is 0. The molecule has 1 aliphatic heterocycles. The molecule has 0 fully saturated rings. The van der Waals surface area contributed by atoms with Gasteiger partial charge in [0.2, 0.25) is 6.10 Å². The van der Waals surface area contributed by atoms with Crippen LogP contribution in [-0.2, 0) is 9.59 Å². The second kappa shape index (κ2) is 4.32. The maximum absolute atomic E-state index is 10.8. The van der Waals surface area contributed by atoms with E-state index in [2.05, 4.69) is 0 Å². The number of carbonyl (C=O) groups excluding carboxylic acids is 1. The van der Waals surface area contributed by atoms with Gasteiger partial charge in [-0.3, -0.25) is 4.79 Å². The summed E-state index contributed by atoms with van der Waals surface area (Å²) < 4.78 is 15.3. The molecule has 1 aromatic rings. The van der Waals surface area contributed by atoms with Crippen molar-refractivity contribution >= 4 is 11.9 Å². The number of benzene rings is 1.